The maximum absolute atomic E-state index is 15.2. The van der Waals surface area contributed by atoms with E-state index >= 15 is 4.57 Å². The van der Waals surface area contributed by atoms with Crippen molar-refractivity contribution < 1.29 is 9.36 Å². The van der Waals surface area contributed by atoms with Crippen LogP contribution in [0.4, 0.5) is 5.69 Å². The molecule has 5 aromatic carbocycles. The molecule has 1 N–H and O–H groups in total. The molecule has 0 spiro atoms. The molecule has 4 nitrogen and oxygen atoms in total. The number of hydrogen-bond donors (Lipinski definition) is 1. The normalized spacial score (nSPS) is 11.5. The first-order valence-electron chi connectivity index (χ1n) is 12.4. The monoisotopic (exact) mass is 534 g/mol. The van der Waals surface area contributed by atoms with Gasteiger partial charge in [0.05, 0.1) is 6.16 Å². The largest absolute Gasteiger partial charge is 0.326 e. The summed E-state index contributed by atoms with van der Waals surface area (Å²) in [7, 11) is -6.42. The lowest BCUT2D eigenvalue weighted by Gasteiger charge is -2.29. The van der Waals surface area contributed by atoms with Crippen molar-refractivity contribution in [1.82, 2.24) is 0 Å². The molecule has 0 aliphatic carbocycles. The van der Waals surface area contributed by atoms with Gasteiger partial charge in [0.1, 0.15) is 0 Å². The standard InChI is InChI=1S/C32H28N2O2P2/c35-32(33-27-16-6-1-7-17-27)26-37(28-18-8-2-9-19-28,29-20-10-3-11-21-29)34-38(36,30-22-12-4-13-23-30)31-24-14-5-15-25-31/h1-25H,26H2,(H,33,35). The van der Waals surface area contributed by atoms with Crippen LogP contribution in [0, 0.1) is 0 Å². The van der Waals surface area contributed by atoms with Crippen LogP contribution in [0.3, 0.4) is 0 Å². The molecule has 38 heavy (non-hydrogen) atoms. The summed E-state index contributed by atoms with van der Waals surface area (Å²) in [6.07, 6.45) is 0.0829. The third-order valence-electron chi connectivity index (χ3n) is 6.29. The van der Waals surface area contributed by atoms with Gasteiger partial charge in [0.15, 0.2) is 0 Å². The molecule has 5 aromatic rings. The summed E-state index contributed by atoms with van der Waals surface area (Å²) in [5.74, 6) is -0.173. The summed E-state index contributed by atoms with van der Waals surface area (Å²) in [4.78, 5) is 13.7. The number of amides is 1. The summed E-state index contributed by atoms with van der Waals surface area (Å²) in [6.45, 7) is 0. The minimum absolute atomic E-state index is 0.0829. The Labute approximate surface area is 223 Å². The summed E-state index contributed by atoms with van der Waals surface area (Å²) in [6, 6.07) is 47.9. The molecular formula is C32H28N2O2P2. The smallest absolute Gasteiger partial charge is 0.246 e. The molecule has 0 aromatic heterocycles. The first-order valence-corrected chi connectivity index (χ1v) is 16.0. The van der Waals surface area contributed by atoms with Crippen molar-refractivity contribution in [3.63, 3.8) is 0 Å². The van der Waals surface area contributed by atoms with Crippen LogP contribution in [-0.2, 0) is 9.36 Å². The van der Waals surface area contributed by atoms with E-state index in [0.29, 0.717) is 16.3 Å². The van der Waals surface area contributed by atoms with Crippen LogP contribution in [-0.4, -0.2) is 12.1 Å². The summed E-state index contributed by atoms with van der Waals surface area (Å²) in [5.41, 5.74) is 0.714. The molecule has 0 unspecified atom stereocenters. The van der Waals surface area contributed by atoms with Gasteiger partial charge in [0.2, 0.25) is 13.2 Å². The molecular weight excluding hydrogens is 506 g/mol. The van der Waals surface area contributed by atoms with Crippen molar-refractivity contribution in [1.29, 1.82) is 0 Å². The number of carbonyl (C=O) groups excluding carboxylic acids is 1. The van der Waals surface area contributed by atoms with E-state index in [-0.39, 0.29) is 12.1 Å². The second-order valence-electron chi connectivity index (χ2n) is 8.85. The maximum Gasteiger partial charge on any atom is 0.246 e. The van der Waals surface area contributed by atoms with Crippen LogP contribution in [0.15, 0.2) is 156 Å². The SMILES string of the molecule is O=C(CP(=NP(=O)(c1ccccc1)c1ccccc1)(c1ccccc1)c1ccccc1)Nc1ccccc1. The number of nitrogens with one attached hydrogen (secondary N) is 1. The van der Waals surface area contributed by atoms with Crippen molar-refractivity contribution in [3.8, 4) is 0 Å². The van der Waals surface area contributed by atoms with Crippen LogP contribution >= 0.6 is 14.3 Å². The Balaban J connectivity index is 1.80. The minimum Gasteiger partial charge on any atom is -0.326 e. The highest BCUT2D eigenvalue weighted by Crippen LogP contribution is 2.59. The number of hydrogen-bond acceptors (Lipinski definition) is 2. The first-order chi connectivity index (χ1) is 18.6. The van der Waals surface area contributed by atoms with Crippen molar-refractivity contribution in [2.24, 2.45) is 4.52 Å². The highest BCUT2D eigenvalue weighted by molar-refractivity contribution is 7.90. The highest BCUT2D eigenvalue weighted by atomic mass is 31.2. The lowest BCUT2D eigenvalue weighted by atomic mass is 10.3. The van der Waals surface area contributed by atoms with E-state index in [0.717, 1.165) is 10.6 Å². The highest BCUT2D eigenvalue weighted by Gasteiger charge is 2.35. The van der Waals surface area contributed by atoms with Gasteiger partial charge in [-0.05, 0) is 47.0 Å². The van der Waals surface area contributed by atoms with E-state index in [1.54, 1.807) is 0 Å². The van der Waals surface area contributed by atoms with Gasteiger partial charge in [-0.25, -0.2) is 4.52 Å². The van der Waals surface area contributed by atoms with Crippen LogP contribution in [0.1, 0.15) is 0 Å². The van der Waals surface area contributed by atoms with Gasteiger partial charge in [-0.3, -0.25) is 9.36 Å². The zero-order chi connectivity index (χ0) is 26.3. The van der Waals surface area contributed by atoms with Crippen molar-refractivity contribution in [2.75, 3.05) is 11.5 Å². The van der Waals surface area contributed by atoms with Crippen LogP contribution in [0.5, 0.6) is 0 Å². The van der Waals surface area contributed by atoms with Gasteiger partial charge in [-0.1, -0.05) is 115 Å². The predicted octanol–water partition coefficient (Wildman–Crippen LogP) is 6.41. The van der Waals surface area contributed by atoms with E-state index in [9.17, 15) is 4.79 Å². The predicted molar refractivity (Wildman–Crippen MR) is 161 cm³/mol. The maximum atomic E-state index is 15.2. The number of para-hydroxylation sites is 1. The minimum atomic E-state index is -3.52. The third kappa shape index (κ3) is 5.48. The van der Waals surface area contributed by atoms with Gasteiger partial charge in [-0.2, -0.15) is 0 Å². The molecule has 1 amide bonds. The molecule has 0 saturated heterocycles. The zero-order valence-electron chi connectivity index (χ0n) is 20.8. The summed E-state index contributed by atoms with van der Waals surface area (Å²) < 4.78 is 20.7. The lowest BCUT2D eigenvalue weighted by molar-refractivity contribution is -0.113. The fraction of sp³-hybridized carbons (Fsp3) is 0.0312. The molecule has 0 aliphatic rings. The second-order valence-corrected chi connectivity index (χ2v) is 14.6. The molecule has 0 atom stereocenters. The van der Waals surface area contributed by atoms with Gasteiger partial charge < -0.3 is 5.32 Å². The Kier molecular flexibility index (Phi) is 7.84. The number of carbonyl (C=O) groups is 1. The molecule has 6 heteroatoms. The number of rotatable bonds is 8. The third-order valence-corrected chi connectivity index (χ3v) is 13.6. The van der Waals surface area contributed by atoms with Crippen molar-refractivity contribution in [3.05, 3.63) is 152 Å². The molecule has 0 bridgehead atoms. The fourth-order valence-corrected chi connectivity index (χ4v) is 12.0. The van der Waals surface area contributed by atoms with Gasteiger partial charge in [0, 0.05) is 23.4 Å². The fourth-order valence-electron chi connectivity index (χ4n) is 4.47. The van der Waals surface area contributed by atoms with Gasteiger partial charge in [-0.15, -0.1) is 0 Å². The van der Waals surface area contributed by atoms with Gasteiger partial charge >= 0.3 is 0 Å². The Hall–Kier alpha value is -3.97. The summed E-state index contributed by atoms with van der Waals surface area (Å²) >= 11 is 0. The molecule has 0 aliphatic heterocycles. The Morgan fingerprint density at radius 1 is 0.526 bits per heavy atom. The van der Waals surface area contributed by atoms with Crippen molar-refractivity contribution in [2.45, 2.75) is 0 Å². The Morgan fingerprint density at radius 2 is 0.868 bits per heavy atom. The number of benzene rings is 5. The van der Waals surface area contributed by atoms with Crippen LogP contribution < -0.4 is 26.5 Å². The quantitative estimate of drug-likeness (QED) is 0.234. The number of nitrogens with zero attached hydrogens (tertiary/aromatic N) is 1. The van der Waals surface area contributed by atoms with Crippen molar-refractivity contribution >= 4 is 47.2 Å². The summed E-state index contributed by atoms with van der Waals surface area (Å²) in [5, 5.41) is 6.14. The first kappa shape index (κ1) is 25.7. The molecule has 5 rings (SSSR count). The van der Waals surface area contributed by atoms with E-state index in [4.69, 9.17) is 4.52 Å². The van der Waals surface area contributed by atoms with E-state index in [1.807, 2.05) is 152 Å². The lowest BCUT2D eigenvalue weighted by Crippen LogP contribution is -2.27. The second kappa shape index (κ2) is 11.6. The molecule has 0 heterocycles. The van der Waals surface area contributed by atoms with E-state index in [1.165, 1.54) is 0 Å². The average Bonchev–Trinajstić information content (AvgIpc) is 2.99. The molecule has 0 saturated carbocycles. The number of anilines is 1. The Morgan fingerprint density at radius 3 is 1.26 bits per heavy atom. The zero-order valence-corrected chi connectivity index (χ0v) is 22.6. The Bertz CT molecular complexity index is 1510. The van der Waals surface area contributed by atoms with E-state index in [2.05, 4.69) is 5.32 Å². The molecule has 0 fully saturated rings. The van der Waals surface area contributed by atoms with Crippen LogP contribution in [0.25, 0.3) is 0 Å². The van der Waals surface area contributed by atoms with Crippen LogP contribution in [0.2, 0.25) is 0 Å². The molecule has 188 valence electrons. The van der Waals surface area contributed by atoms with Gasteiger partial charge in [0.25, 0.3) is 0 Å². The molecule has 0 radical (unpaired) electrons. The average molecular weight is 535 g/mol. The van der Waals surface area contributed by atoms with E-state index < -0.39 is 14.3 Å². The topological polar surface area (TPSA) is 58.5 Å².